The van der Waals surface area contributed by atoms with E-state index < -0.39 is 17.7 Å². The highest BCUT2D eigenvalue weighted by molar-refractivity contribution is 6.32. The number of pyridine rings is 1. The number of urea groups is 1. The zero-order chi connectivity index (χ0) is 31.5. The molecule has 230 valence electrons. The molecule has 3 aromatic rings. The number of aromatic nitrogens is 3. The number of carbonyl (C=O) groups is 3. The predicted octanol–water partition coefficient (Wildman–Crippen LogP) is 4.38. The number of alkyl halides is 3. The monoisotopic (exact) mass is 622 g/mol. The van der Waals surface area contributed by atoms with E-state index in [1.807, 2.05) is 38.1 Å². The van der Waals surface area contributed by atoms with Gasteiger partial charge in [-0.15, -0.1) is 0 Å². The van der Waals surface area contributed by atoms with Crippen molar-refractivity contribution in [2.45, 2.75) is 32.1 Å². The first-order valence-corrected chi connectivity index (χ1v) is 13.5. The summed E-state index contributed by atoms with van der Waals surface area (Å²) in [6, 6.07) is 10.7. The molecule has 43 heavy (non-hydrogen) atoms. The molecule has 0 spiro atoms. The summed E-state index contributed by atoms with van der Waals surface area (Å²) in [5.41, 5.74) is 2.96. The Hall–Kier alpha value is -4.37. The zero-order valence-corrected chi connectivity index (χ0v) is 24.3. The quantitative estimate of drug-likeness (QED) is 0.314. The molecule has 0 aliphatic carbocycles. The summed E-state index contributed by atoms with van der Waals surface area (Å²) >= 11 is 6.10. The van der Waals surface area contributed by atoms with Crippen LogP contribution in [0.5, 0.6) is 0 Å². The highest BCUT2D eigenvalue weighted by atomic mass is 35.5. The van der Waals surface area contributed by atoms with Gasteiger partial charge in [-0.25, -0.2) is 14.6 Å². The van der Waals surface area contributed by atoms with Gasteiger partial charge in [0, 0.05) is 49.2 Å². The van der Waals surface area contributed by atoms with Gasteiger partial charge in [-0.3, -0.25) is 9.89 Å². The Morgan fingerprint density at radius 3 is 2.26 bits per heavy atom. The Labute approximate surface area is 249 Å². The molecule has 4 N–H and O–H groups in total. The molecule has 16 heteroatoms. The van der Waals surface area contributed by atoms with Crippen LogP contribution >= 0.6 is 11.6 Å². The summed E-state index contributed by atoms with van der Waals surface area (Å²) in [5.74, 6) is -2.59. The lowest BCUT2D eigenvalue weighted by Crippen LogP contribution is -2.44. The minimum absolute atomic E-state index is 0.217. The van der Waals surface area contributed by atoms with E-state index >= 15 is 0 Å². The number of amides is 3. The van der Waals surface area contributed by atoms with Gasteiger partial charge in [-0.2, -0.15) is 18.3 Å². The molecule has 1 aromatic carbocycles. The standard InChI is InChI=1S/C25H29ClN8O2.C2HF3O2/c1-25(2)20-18(15-34(25)24(36)28-19-5-4-10-27-21(19)26)22(31-30-20)29-23(35)16-6-8-17(9-7-16)33-13-11-32(3)12-14-33;3-2(4,5)1(6)7/h4-10H,11-15H2,1-3H3,(H,28,36)(H2,29,30,31,35);(H,6,7). The molecule has 5 rings (SSSR count). The second kappa shape index (κ2) is 12.5. The summed E-state index contributed by atoms with van der Waals surface area (Å²) in [6.45, 7) is 8.09. The summed E-state index contributed by atoms with van der Waals surface area (Å²) in [6.07, 6.45) is -3.52. The van der Waals surface area contributed by atoms with Crippen LogP contribution in [0.1, 0.15) is 35.5 Å². The van der Waals surface area contributed by atoms with Gasteiger partial charge in [-0.1, -0.05) is 11.6 Å². The van der Waals surface area contributed by atoms with Crippen molar-refractivity contribution in [2.24, 2.45) is 0 Å². The van der Waals surface area contributed by atoms with Crippen molar-refractivity contribution in [3.05, 3.63) is 64.6 Å². The molecule has 2 aliphatic heterocycles. The van der Waals surface area contributed by atoms with Crippen LogP contribution < -0.4 is 15.5 Å². The molecule has 0 saturated carbocycles. The maximum Gasteiger partial charge on any atom is 0.490 e. The average molecular weight is 623 g/mol. The van der Waals surface area contributed by atoms with Gasteiger partial charge in [-0.05, 0) is 57.3 Å². The van der Waals surface area contributed by atoms with Gasteiger partial charge < -0.3 is 30.4 Å². The number of aliphatic carboxylic acids is 1. The number of benzene rings is 1. The lowest BCUT2D eigenvalue weighted by atomic mass is 10.0. The maximum atomic E-state index is 13.1. The van der Waals surface area contributed by atoms with Crippen molar-refractivity contribution in [2.75, 3.05) is 48.8 Å². The van der Waals surface area contributed by atoms with Gasteiger partial charge in [0.05, 0.1) is 23.5 Å². The number of halogens is 4. The van der Waals surface area contributed by atoms with Crippen LogP contribution in [0.25, 0.3) is 0 Å². The van der Waals surface area contributed by atoms with Crippen molar-refractivity contribution in [1.29, 1.82) is 0 Å². The second-order valence-corrected chi connectivity index (χ2v) is 10.8. The smallest absolute Gasteiger partial charge is 0.475 e. The highest BCUT2D eigenvalue weighted by Crippen LogP contribution is 2.41. The Kier molecular flexibility index (Phi) is 9.15. The Balaban J connectivity index is 0.000000541. The normalized spacial score (nSPS) is 16.2. The van der Waals surface area contributed by atoms with Crippen LogP contribution in [0.2, 0.25) is 5.15 Å². The van der Waals surface area contributed by atoms with E-state index in [0.717, 1.165) is 43.1 Å². The van der Waals surface area contributed by atoms with Crippen LogP contribution in [-0.2, 0) is 16.9 Å². The number of anilines is 3. The van der Waals surface area contributed by atoms with Crippen LogP contribution in [0.15, 0.2) is 42.6 Å². The molecule has 0 unspecified atom stereocenters. The largest absolute Gasteiger partial charge is 0.490 e. The first-order valence-electron chi connectivity index (χ1n) is 13.1. The number of carboxylic acids is 1. The number of piperazine rings is 1. The van der Waals surface area contributed by atoms with E-state index in [4.69, 9.17) is 21.5 Å². The number of fused-ring (bicyclic) bond motifs is 1. The summed E-state index contributed by atoms with van der Waals surface area (Å²) in [4.78, 5) is 45.3. The number of nitrogens with zero attached hydrogens (tertiary/aromatic N) is 5. The predicted molar refractivity (Wildman–Crippen MR) is 153 cm³/mol. The Morgan fingerprint density at radius 2 is 1.67 bits per heavy atom. The fraction of sp³-hybridized carbons (Fsp3) is 0.370. The summed E-state index contributed by atoms with van der Waals surface area (Å²) < 4.78 is 31.7. The zero-order valence-electron chi connectivity index (χ0n) is 23.5. The van der Waals surface area contributed by atoms with Crippen LogP contribution in [0, 0.1) is 0 Å². The fourth-order valence-electron chi connectivity index (χ4n) is 4.67. The van der Waals surface area contributed by atoms with Crippen molar-refractivity contribution in [3.8, 4) is 0 Å². The van der Waals surface area contributed by atoms with E-state index in [9.17, 15) is 22.8 Å². The lowest BCUT2D eigenvalue weighted by Gasteiger charge is -2.34. The van der Waals surface area contributed by atoms with Crippen LogP contribution in [0.3, 0.4) is 0 Å². The van der Waals surface area contributed by atoms with Crippen LogP contribution in [-0.4, -0.2) is 87.4 Å². The molecule has 2 aromatic heterocycles. The molecule has 12 nitrogen and oxygen atoms in total. The van der Waals surface area contributed by atoms with Gasteiger partial charge in [0.25, 0.3) is 5.91 Å². The van der Waals surface area contributed by atoms with Gasteiger partial charge in [0.1, 0.15) is 0 Å². The molecule has 3 amide bonds. The van der Waals surface area contributed by atoms with E-state index in [2.05, 4.69) is 42.7 Å². The first kappa shape index (κ1) is 31.6. The SMILES string of the molecule is CN1CCN(c2ccc(C(=O)Nc3n[nH]c4c3CN(C(=O)Nc3cccnc3Cl)C4(C)C)cc2)CC1.O=C(O)C(F)(F)F. The molecule has 4 heterocycles. The van der Waals surface area contributed by atoms with Crippen molar-refractivity contribution in [3.63, 3.8) is 0 Å². The molecule has 0 radical (unpaired) electrons. The van der Waals surface area contributed by atoms with Gasteiger partial charge in [0.2, 0.25) is 0 Å². The van der Waals surface area contributed by atoms with Gasteiger partial charge >= 0.3 is 18.2 Å². The maximum absolute atomic E-state index is 13.1. The van der Waals surface area contributed by atoms with E-state index in [1.54, 1.807) is 23.2 Å². The number of likely N-dealkylation sites (N-methyl/N-ethyl adjacent to an activating group) is 1. The summed E-state index contributed by atoms with van der Waals surface area (Å²) in [7, 11) is 2.12. The number of hydrogen-bond donors (Lipinski definition) is 4. The van der Waals surface area contributed by atoms with Crippen molar-refractivity contribution < 1.29 is 32.7 Å². The number of rotatable bonds is 4. The van der Waals surface area contributed by atoms with E-state index in [0.29, 0.717) is 17.1 Å². The number of H-pyrrole nitrogens is 1. The molecule has 2 aliphatic rings. The van der Waals surface area contributed by atoms with Crippen LogP contribution in [0.4, 0.5) is 35.2 Å². The third-order valence-electron chi connectivity index (χ3n) is 7.19. The number of carboxylic acid groups (broad SMARTS) is 1. The minimum Gasteiger partial charge on any atom is -0.475 e. The number of carbonyl (C=O) groups excluding carboxylic acids is 2. The third kappa shape index (κ3) is 7.17. The third-order valence-corrected chi connectivity index (χ3v) is 7.49. The first-order chi connectivity index (χ1) is 20.2. The summed E-state index contributed by atoms with van der Waals surface area (Å²) in [5, 5.41) is 20.4. The highest BCUT2D eigenvalue weighted by Gasteiger charge is 2.44. The van der Waals surface area contributed by atoms with Crippen molar-refractivity contribution >= 4 is 46.7 Å². The van der Waals surface area contributed by atoms with Crippen molar-refractivity contribution in [1.82, 2.24) is 25.0 Å². The Bertz CT molecular complexity index is 1490. The lowest BCUT2D eigenvalue weighted by molar-refractivity contribution is -0.192. The van der Waals surface area contributed by atoms with E-state index in [-0.39, 0.29) is 23.6 Å². The fourth-order valence-corrected chi connectivity index (χ4v) is 4.84. The Morgan fingerprint density at radius 1 is 1.05 bits per heavy atom. The number of nitrogens with one attached hydrogen (secondary N) is 3. The number of hydrogen-bond acceptors (Lipinski definition) is 7. The topological polar surface area (TPSA) is 147 Å². The molecule has 1 fully saturated rings. The molecule has 1 saturated heterocycles. The average Bonchev–Trinajstić information content (AvgIpc) is 3.47. The number of aromatic amines is 1. The minimum atomic E-state index is -5.08. The molecular weight excluding hydrogens is 593 g/mol. The molecular formula is C27H30ClF3N8O4. The van der Waals surface area contributed by atoms with E-state index in [1.165, 1.54) is 0 Å². The molecule has 0 bridgehead atoms. The second-order valence-electron chi connectivity index (χ2n) is 10.4. The molecule has 0 atom stereocenters. The van der Waals surface area contributed by atoms with Gasteiger partial charge in [0.15, 0.2) is 11.0 Å².